The summed E-state index contributed by atoms with van der Waals surface area (Å²) in [5.74, 6) is 0.683. The van der Waals surface area contributed by atoms with Gasteiger partial charge in [0.05, 0.1) is 23.9 Å². The molecule has 0 unspecified atom stereocenters. The van der Waals surface area contributed by atoms with E-state index in [1.165, 1.54) is 16.6 Å². The Kier molecular flexibility index (Phi) is 7.37. The molecule has 0 spiro atoms. The maximum absolute atomic E-state index is 14.0. The molecule has 0 atom stereocenters. The Morgan fingerprint density at radius 3 is 2.57 bits per heavy atom. The SMILES string of the molecule is COc1ccc(NC(=O)CSc2nc3sc4c(c3c(=O)n2-c2ccc(C)cc2)CCN(C(C)C)C4)cc1. The van der Waals surface area contributed by atoms with Crippen molar-refractivity contribution in [3.05, 3.63) is 74.9 Å². The molecule has 2 aromatic carbocycles. The van der Waals surface area contributed by atoms with E-state index in [0.717, 1.165) is 52.3 Å². The Morgan fingerprint density at radius 1 is 1.16 bits per heavy atom. The number of rotatable bonds is 7. The number of thiophene rings is 1. The highest BCUT2D eigenvalue weighted by Crippen LogP contribution is 2.35. The van der Waals surface area contributed by atoms with E-state index in [0.29, 0.717) is 16.9 Å². The van der Waals surface area contributed by atoms with E-state index >= 15 is 0 Å². The lowest BCUT2D eigenvalue weighted by Crippen LogP contribution is -2.35. The number of fused-ring (bicyclic) bond motifs is 3. The lowest BCUT2D eigenvalue weighted by molar-refractivity contribution is -0.113. The Bertz CT molecular complexity index is 1490. The lowest BCUT2D eigenvalue weighted by Gasteiger charge is -2.30. The van der Waals surface area contributed by atoms with Gasteiger partial charge in [0.1, 0.15) is 10.6 Å². The summed E-state index contributed by atoms with van der Waals surface area (Å²) >= 11 is 2.88. The van der Waals surface area contributed by atoms with Crippen LogP contribution in [0.25, 0.3) is 15.9 Å². The topological polar surface area (TPSA) is 76.5 Å². The maximum atomic E-state index is 14.0. The Hall–Kier alpha value is -3.14. The molecule has 7 nitrogen and oxygen atoms in total. The zero-order chi connectivity index (χ0) is 26.1. The third-order valence-corrected chi connectivity index (χ3v) is 8.65. The van der Waals surface area contributed by atoms with Crippen LogP contribution in [-0.2, 0) is 17.8 Å². The molecule has 0 saturated heterocycles. The summed E-state index contributed by atoms with van der Waals surface area (Å²) in [6, 6.07) is 15.5. The molecule has 9 heteroatoms. The Labute approximate surface area is 224 Å². The van der Waals surface area contributed by atoms with E-state index in [-0.39, 0.29) is 17.2 Å². The first-order valence-electron chi connectivity index (χ1n) is 12.3. The molecular formula is C28H30N4O3S2. The lowest BCUT2D eigenvalue weighted by atomic mass is 10.0. The van der Waals surface area contributed by atoms with Crippen LogP contribution in [0.3, 0.4) is 0 Å². The van der Waals surface area contributed by atoms with Crippen LogP contribution in [0.5, 0.6) is 5.75 Å². The molecule has 192 valence electrons. The summed E-state index contributed by atoms with van der Waals surface area (Å²) in [7, 11) is 1.60. The summed E-state index contributed by atoms with van der Waals surface area (Å²) < 4.78 is 6.84. The zero-order valence-corrected chi connectivity index (χ0v) is 23.0. The summed E-state index contributed by atoms with van der Waals surface area (Å²) in [6.07, 6.45) is 0.842. The molecular weight excluding hydrogens is 504 g/mol. The van der Waals surface area contributed by atoms with E-state index in [1.54, 1.807) is 47.3 Å². The van der Waals surface area contributed by atoms with Crippen molar-refractivity contribution in [1.82, 2.24) is 14.5 Å². The molecule has 1 N–H and O–H groups in total. The number of ether oxygens (including phenoxy) is 1. The van der Waals surface area contributed by atoms with Crippen LogP contribution >= 0.6 is 23.1 Å². The van der Waals surface area contributed by atoms with Gasteiger partial charge in [0.15, 0.2) is 5.16 Å². The highest BCUT2D eigenvalue weighted by Gasteiger charge is 2.26. The van der Waals surface area contributed by atoms with Crippen LogP contribution in [0.1, 0.15) is 29.9 Å². The molecule has 0 fully saturated rings. The fraction of sp³-hybridized carbons (Fsp3) is 0.321. The molecule has 0 bridgehead atoms. The first kappa shape index (κ1) is 25.5. The van der Waals surface area contributed by atoms with Crippen LogP contribution in [0.4, 0.5) is 5.69 Å². The van der Waals surface area contributed by atoms with E-state index in [2.05, 4.69) is 24.1 Å². The predicted molar refractivity (Wildman–Crippen MR) is 152 cm³/mol. The average molecular weight is 535 g/mol. The zero-order valence-electron chi connectivity index (χ0n) is 21.4. The van der Waals surface area contributed by atoms with Crippen molar-refractivity contribution < 1.29 is 9.53 Å². The molecule has 1 amide bonds. The van der Waals surface area contributed by atoms with Crippen molar-refractivity contribution in [3.63, 3.8) is 0 Å². The van der Waals surface area contributed by atoms with Crippen LogP contribution in [0.15, 0.2) is 58.5 Å². The predicted octanol–water partition coefficient (Wildman–Crippen LogP) is 5.26. The average Bonchev–Trinajstić information content (AvgIpc) is 3.26. The number of nitrogens with one attached hydrogen (secondary N) is 1. The largest absolute Gasteiger partial charge is 0.497 e. The van der Waals surface area contributed by atoms with Gasteiger partial charge in [0.25, 0.3) is 5.56 Å². The summed E-state index contributed by atoms with van der Waals surface area (Å²) in [6.45, 7) is 8.19. The standard InChI is InChI=1S/C28H30N4O3S2/c1-17(2)31-14-13-22-23(15-31)37-26-25(22)27(34)32(20-9-5-18(3)6-10-20)28(30-26)36-16-24(33)29-19-7-11-21(35-4)12-8-19/h5-12,17H,13-16H2,1-4H3,(H,29,33). The number of thioether (sulfide) groups is 1. The second-order valence-corrected chi connectivity index (χ2v) is 11.5. The van der Waals surface area contributed by atoms with Gasteiger partial charge in [-0.1, -0.05) is 29.5 Å². The van der Waals surface area contributed by atoms with Gasteiger partial charge in [-0.15, -0.1) is 11.3 Å². The summed E-state index contributed by atoms with van der Waals surface area (Å²) in [4.78, 5) is 36.1. The van der Waals surface area contributed by atoms with Gasteiger partial charge in [-0.2, -0.15) is 0 Å². The smallest absolute Gasteiger partial charge is 0.267 e. The van der Waals surface area contributed by atoms with Gasteiger partial charge in [-0.3, -0.25) is 19.1 Å². The van der Waals surface area contributed by atoms with Gasteiger partial charge >= 0.3 is 0 Å². The highest BCUT2D eigenvalue weighted by molar-refractivity contribution is 7.99. The first-order valence-corrected chi connectivity index (χ1v) is 14.1. The van der Waals surface area contributed by atoms with E-state index in [4.69, 9.17) is 9.72 Å². The molecule has 0 aliphatic carbocycles. The fourth-order valence-electron chi connectivity index (χ4n) is 4.50. The monoisotopic (exact) mass is 534 g/mol. The van der Waals surface area contributed by atoms with Gasteiger partial charge in [-0.25, -0.2) is 4.98 Å². The minimum Gasteiger partial charge on any atom is -0.497 e. The van der Waals surface area contributed by atoms with Crippen LogP contribution in [0, 0.1) is 6.92 Å². The molecule has 0 radical (unpaired) electrons. The number of carbonyl (C=O) groups excluding carboxylic acids is 1. The molecule has 5 rings (SSSR count). The molecule has 1 aliphatic rings. The van der Waals surface area contributed by atoms with Crippen molar-refractivity contribution in [2.45, 2.75) is 44.9 Å². The molecule has 0 saturated carbocycles. The first-order chi connectivity index (χ1) is 17.8. The number of hydrogen-bond donors (Lipinski definition) is 1. The second-order valence-electron chi connectivity index (χ2n) is 9.43. The number of anilines is 1. The highest BCUT2D eigenvalue weighted by atomic mass is 32.2. The van der Waals surface area contributed by atoms with E-state index < -0.39 is 0 Å². The summed E-state index contributed by atoms with van der Waals surface area (Å²) in [5, 5.41) is 4.14. The number of amides is 1. The van der Waals surface area contributed by atoms with Gasteiger partial charge in [0.2, 0.25) is 5.91 Å². The van der Waals surface area contributed by atoms with Crippen molar-refractivity contribution in [2.24, 2.45) is 0 Å². The van der Waals surface area contributed by atoms with Gasteiger partial charge in [-0.05, 0) is 69.2 Å². The number of hydrogen-bond acceptors (Lipinski definition) is 7. The molecule has 2 aromatic heterocycles. The number of aryl methyl sites for hydroxylation is 1. The number of aromatic nitrogens is 2. The number of carbonyl (C=O) groups is 1. The van der Waals surface area contributed by atoms with Gasteiger partial charge < -0.3 is 10.1 Å². The number of methoxy groups -OCH3 is 1. The van der Waals surface area contributed by atoms with Crippen molar-refractivity contribution in [3.8, 4) is 11.4 Å². The maximum Gasteiger partial charge on any atom is 0.267 e. The van der Waals surface area contributed by atoms with Gasteiger partial charge in [0, 0.05) is 29.7 Å². The minimum atomic E-state index is -0.169. The second kappa shape index (κ2) is 10.7. The van der Waals surface area contributed by atoms with Crippen LogP contribution in [0.2, 0.25) is 0 Å². The quantitative estimate of drug-likeness (QED) is 0.257. The number of nitrogens with zero attached hydrogens (tertiary/aromatic N) is 3. The molecule has 4 aromatic rings. The molecule has 1 aliphatic heterocycles. The molecule has 37 heavy (non-hydrogen) atoms. The van der Waals surface area contributed by atoms with Crippen molar-refractivity contribution in [1.29, 1.82) is 0 Å². The van der Waals surface area contributed by atoms with E-state index in [9.17, 15) is 9.59 Å². The minimum absolute atomic E-state index is 0.0672. The Balaban J connectivity index is 1.49. The van der Waals surface area contributed by atoms with Crippen molar-refractivity contribution in [2.75, 3.05) is 24.7 Å². The van der Waals surface area contributed by atoms with Crippen molar-refractivity contribution >= 4 is 44.9 Å². The van der Waals surface area contributed by atoms with Crippen LogP contribution in [-0.4, -0.2) is 45.8 Å². The van der Waals surface area contributed by atoms with E-state index in [1.807, 2.05) is 31.2 Å². The Morgan fingerprint density at radius 2 is 1.89 bits per heavy atom. The molecule has 3 heterocycles. The fourth-order valence-corrected chi connectivity index (χ4v) is 6.60. The normalized spacial score (nSPS) is 13.6. The summed E-state index contributed by atoms with van der Waals surface area (Å²) in [5.41, 5.74) is 3.61. The number of benzene rings is 2. The third kappa shape index (κ3) is 5.30. The van der Waals surface area contributed by atoms with Crippen LogP contribution < -0.4 is 15.6 Å². The third-order valence-electron chi connectivity index (χ3n) is 6.60.